The van der Waals surface area contributed by atoms with Crippen molar-refractivity contribution in [3.05, 3.63) is 45.9 Å². The number of hydrogen-bond donors (Lipinski definition) is 14. The monoisotopic (exact) mass is 1300 g/mol. The van der Waals surface area contributed by atoms with Gasteiger partial charge in [-0.05, 0) is 95.6 Å². The van der Waals surface area contributed by atoms with Gasteiger partial charge >= 0.3 is 12.1 Å². The summed E-state index contributed by atoms with van der Waals surface area (Å²) in [6, 6.07) is 2.56. The van der Waals surface area contributed by atoms with Crippen molar-refractivity contribution in [3.63, 3.8) is 0 Å². The van der Waals surface area contributed by atoms with Crippen molar-refractivity contribution in [3.8, 4) is 5.75 Å². The molecule has 0 saturated carbocycles. The van der Waals surface area contributed by atoms with E-state index in [2.05, 4.69) is 42.4 Å². The van der Waals surface area contributed by atoms with E-state index in [1.165, 1.54) is 44.0 Å². The number of aromatic nitrogens is 1. The van der Waals surface area contributed by atoms with Crippen molar-refractivity contribution in [1.29, 1.82) is 0 Å². The number of amides is 7. The van der Waals surface area contributed by atoms with Crippen LogP contribution in [0, 0.1) is 17.8 Å². The average Bonchev–Trinajstić information content (AvgIpc) is 3.82. The van der Waals surface area contributed by atoms with Crippen molar-refractivity contribution in [2.45, 2.75) is 186 Å². The van der Waals surface area contributed by atoms with Gasteiger partial charge in [0, 0.05) is 66.7 Å². The lowest BCUT2D eigenvalue weighted by atomic mass is 9.92. The van der Waals surface area contributed by atoms with Gasteiger partial charge in [-0.2, -0.15) is 0 Å². The fraction of sp³-hybridized carbons (Fsp3) is 0.707. The zero-order valence-electron chi connectivity index (χ0n) is 52.0. The molecule has 1 aliphatic rings. The van der Waals surface area contributed by atoms with Crippen LogP contribution in [0.15, 0.2) is 29.6 Å². The number of esters is 1. The second-order valence-electron chi connectivity index (χ2n) is 22.6. The molecule has 1 aromatic carbocycles. The Bertz CT molecular complexity index is 2490. The molecule has 88 heavy (non-hydrogen) atoms. The molecule has 2 aromatic rings. The van der Waals surface area contributed by atoms with E-state index in [0.717, 1.165) is 36.3 Å². The van der Waals surface area contributed by atoms with E-state index >= 15 is 0 Å². The Morgan fingerprint density at radius 1 is 0.852 bits per heavy atom. The molecule has 27 nitrogen and oxygen atoms in total. The quantitative estimate of drug-likeness (QED) is 0.0148. The van der Waals surface area contributed by atoms with Gasteiger partial charge in [0.1, 0.15) is 53.5 Å². The number of benzene rings is 1. The molecule has 0 bridgehead atoms. The first-order valence-electron chi connectivity index (χ1n) is 30.0. The van der Waals surface area contributed by atoms with Gasteiger partial charge in [-0.1, -0.05) is 88.1 Å². The molecule has 1 aliphatic heterocycles. The van der Waals surface area contributed by atoms with Crippen LogP contribution in [0.3, 0.4) is 0 Å². The van der Waals surface area contributed by atoms with E-state index < -0.39 is 122 Å². The smallest absolute Gasteiger partial charge is 0.426 e. The number of thiazole rings is 1. The first-order valence-corrected chi connectivity index (χ1v) is 33.3. The number of carbonyl (C=O) groups is 8. The Morgan fingerprint density at radius 3 is 2.18 bits per heavy atom. The average molecular weight is 1300 g/mol. The van der Waals surface area contributed by atoms with Gasteiger partial charge in [-0.15, -0.1) is 11.3 Å². The standard InChI is InChI=1S/C58H96N10O17S3/c1-10-14-48(75)85-32-68(57(82)49(34(5)11-2)64-55(81)42-15-12-13-22-67(42)9)43(33(3)4)27-44(71)56-63-41(31-86-56)54(80)62-38(26-37-16-18-39(70)19-17-37)25-35(6)52(78)65-66-58(83)84-23-24-87-88-30-36(7)61-53(79)40(59-8)20-21-47(74)60-28-45(72)50(76)51(77)46(73)29-69/h16-19,31,33-36,38,40,42-46,49-51,59,69-73,76-77H,10-15,20-30,32H2,1-9H3,(H,60,74)(H,61,79)(H,62,80)(H,64,81)(H,65,78)(H,66,83)/t34?,35-,36+,38+,40-,42+,43+,44+,45-,46+,49-,50+,51+/m0/s1. The molecular weight excluding hydrogens is 1200 g/mol. The maximum absolute atomic E-state index is 14.8. The number of likely N-dealkylation sites (N-methyl/N-ethyl adjacent to an activating group) is 2. The second-order valence-corrected chi connectivity index (χ2v) is 26.1. The Labute approximate surface area is 527 Å². The highest BCUT2D eigenvalue weighted by molar-refractivity contribution is 8.76. The van der Waals surface area contributed by atoms with Gasteiger partial charge in [0.25, 0.3) is 5.91 Å². The zero-order chi connectivity index (χ0) is 65.6. The van der Waals surface area contributed by atoms with Crippen LogP contribution in [0.4, 0.5) is 4.79 Å². The molecule has 0 radical (unpaired) electrons. The highest BCUT2D eigenvalue weighted by Crippen LogP contribution is 2.30. The maximum Gasteiger partial charge on any atom is 0.426 e. The molecule has 1 unspecified atom stereocenters. The molecule has 0 aliphatic carbocycles. The van der Waals surface area contributed by atoms with E-state index in [0.29, 0.717) is 30.8 Å². The van der Waals surface area contributed by atoms with E-state index in [1.54, 1.807) is 33.0 Å². The Morgan fingerprint density at radius 2 is 1.55 bits per heavy atom. The van der Waals surface area contributed by atoms with Gasteiger partial charge in [-0.3, -0.25) is 43.9 Å². The van der Waals surface area contributed by atoms with Crippen LogP contribution >= 0.6 is 32.9 Å². The lowest BCUT2D eigenvalue weighted by Crippen LogP contribution is -2.59. The molecule has 3 rings (SSSR count). The van der Waals surface area contributed by atoms with Crippen LogP contribution in [0.5, 0.6) is 5.75 Å². The fourth-order valence-corrected chi connectivity index (χ4v) is 12.4. The summed E-state index contributed by atoms with van der Waals surface area (Å²) < 4.78 is 10.9. The summed E-state index contributed by atoms with van der Waals surface area (Å²) in [6.45, 7) is 11.8. The van der Waals surface area contributed by atoms with E-state index in [1.807, 2.05) is 46.6 Å². The summed E-state index contributed by atoms with van der Waals surface area (Å²) in [4.78, 5) is 114. The molecule has 13 atom stereocenters. The number of hydrogen-bond acceptors (Lipinski definition) is 23. The van der Waals surface area contributed by atoms with Crippen molar-refractivity contribution < 1.29 is 83.6 Å². The molecule has 1 aromatic heterocycles. The lowest BCUT2D eigenvalue weighted by molar-refractivity contribution is -0.159. The number of rotatable bonds is 39. The molecule has 14 N–H and O–H groups in total. The molecule has 0 spiro atoms. The van der Waals surface area contributed by atoms with Gasteiger partial charge < -0.3 is 76.7 Å². The van der Waals surface area contributed by atoms with Crippen molar-refractivity contribution >= 4 is 80.4 Å². The van der Waals surface area contributed by atoms with Crippen LogP contribution in [0.25, 0.3) is 0 Å². The third kappa shape index (κ3) is 26.6. The zero-order valence-corrected chi connectivity index (χ0v) is 54.4. The molecule has 2 heterocycles. The number of nitrogens with one attached hydrogen (secondary N) is 7. The molecule has 498 valence electrons. The van der Waals surface area contributed by atoms with Gasteiger partial charge in [0.15, 0.2) is 6.73 Å². The van der Waals surface area contributed by atoms with Crippen LogP contribution in [0.2, 0.25) is 0 Å². The number of carbonyl (C=O) groups excluding carboxylic acids is 8. The first kappa shape index (κ1) is 76.8. The summed E-state index contributed by atoms with van der Waals surface area (Å²) in [6.07, 6.45) is -5.21. The number of aliphatic hydroxyl groups excluding tert-OH is 6. The van der Waals surface area contributed by atoms with Gasteiger partial charge in [0.2, 0.25) is 29.5 Å². The molecule has 1 fully saturated rings. The SMILES string of the molecule is CCCC(=O)OCN(C(=O)[C@@H](NC(=O)[C@H]1CCCCN1C)C(C)CC)[C@H](C[C@@H](O)c1nc(C(=O)N[C@@H](Cc2ccc(O)cc2)C[C@H](C)C(=O)NNC(=O)OCCSSC[C@@H](C)NC(=O)[C@H](CCC(=O)NC[C@H](O)[C@@H](O)[C@H](O)[C@H](O)CO)NC)cs1)C(C)C. The topological polar surface area (TPSA) is 400 Å². The molecule has 30 heteroatoms. The number of nitrogens with zero attached hydrogens (tertiary/aromatic N) is 3. The van der Waals surface area contributed by atoms with Crippen molar-refractivity contribution in [2.75, 3.05) is 58.6 Å². The normalized spacial score (nSPS) is 17.7. The number of phenolic OH excluding ortho intramolecular Hbond substituents is 1. The first-order chi connectivity index (χ1) is 41.7. The third-order valence-corrected chi connectivity index (χ3v) is 18.6. The second kappa shape index (κ2) is 40.4. The van der Waals surface area contributed by atoms with Crippen LogP contribution in [-0.2, 0) is 44.7 Å². The summed E-state index contributed by atoms with van der Waals surface area (Å²) in [5, 5.41) is 85.6. The number of phenols is 1. The molecule has 1 saturated heterocycles. The van der Waals surface area contributed by atoms with E-state index in [-0.39, 0.29) is 91.3 Å². The number of hydrazine groups is 1. The number of piperidine rings is 1. The third-order valence-electron chi connectivity index (χ3n) is 15.1. The predicted octanol–water partition coefficient (Wildman–Crippen LogP) is 1.37. The largest absolute Gasteiger partial charge is 0.508 e. The summed E-state index contributed by atoms with van der Waals surface area (Å²) in [7, 11) is 6.23. The molecule has 7 amide bonds. The number of ether oxygens (including phenoxy) is 2. The predicted molar refractivity (Wildman–Crippen MR) is 333 cm³/mol. The minimum atomic E-state index is -1.84. The van der Waals surface area contributed by atoms with Crippen molar-refractivity contribution in [2.24, 2.45) is 17.8 Å². The fourth-order valence-electron chi connectivity index (χ4n) is 9.50. The lowest BCUT2D eigenvalue weighted by Gasteiger charge is -2.39. The summed E-state index contributed by atoms with van der Waals surface area (Å²) in [5.74, 6) is -3.79. The molecular formula is C58H96N10O17S3. The minimum absolute atomic E-state index is 0.0163. The Balaban J connectivity index is 1.56. The highest BCUT2D eigenvalue weighted by Gasteiger charge is 2.39. The maximum atomic E-state index is 14.8. The summed E-state index contributed by atoms with van der Waals surface area (Å²) in [5.41, 5.74) is 5.30. The highest BCUT2D eigenvalue weighted by atomic mass is 33.1. The van der Waals surface area contributed by atoms with Crippen LogP contribution < -0.4 is 37.4 Å². The Kier molecular flexibility index (Phi) is 35.2. The number of aliphatic hydroxyl groups is 6. The van der Waals surface area contributed by atoms with Crippen LogP contribution in [-0.4, -0.2) is 217 Å². The van der Waals surface area contributed by atoms with Gasteiger partial charge in [0.05, 0.1) is 24.8 Å². The van der Waals surface area contributed by atoms with Crippen LogP contribution in [0.1, 0.15) is 140 Å². The number of likely N-dealkylation sites (tertiary alicyclic amines) is 1. The minimum Gasteiger partial charge on any atom is -0.508 e. The summed E-state index contributed by atoms with van der Waals surface area (Å²) >= 11 is 1.04. The van der Waals surface area contributed by atoms with Crippen molar-refractivity contribution in [1.82, 2.24) is 52.2 Å². The van der Waals surface area contributed by atoms with Gasteiger partial charge in [-0.25, -0.2) is 15.2 Å². The number of aromatic hydroxyl groups is 1. The Hall–Kier alpha value is -5.41. The van der Waals surface area contributed by atoms with E-state index in [9.17, 15) is 69.0 Å². The van der Waals surface area contributed by atoms with E-state index in [4.69, 9.17) is 14.6 Å².